The number of benzene rings is 1. The monoisotopic (exact) mass is 239 g/mol. The van der Waals surface area contributed by atoms with Crippen LogP contribution < -0.4 is 5.73 Å². The van der Waals surface area contributed by atoms with Crippen molar-refractivity contribution in [3.05, 3.63) is 32.8 Å². The third-order valence-electron chi connectivity index (χ3n) is 1.61. The fourth-order valence-electron chi connectivity index (χ4n) is 0.904. The zero-order chi connectivity index (χ0) is 10.0. The highest BCUT2D eigenvalue weighted by Gasteiger charge is 2.10. The van der Waals surface area contributed by atoms with Gasteiger partial charge in [-0.25, -0.2) is 0 Å². The van der Waals surface area contributed by atoms with Gasteiger partial charge in [0.05, 0.1) is 21.2 Å². The van der Waals surface area contributed by atoms with Crippen molar-refractivity contribution in [1.29, 1.82) is 0 Å². The van der Waals surface area contributed by atoms with Crippen LogP contribution in [0.5, 0.6) is 0 Å². The number of rotatable bonds is 2. The lowest BCUT2D eigenvalue weighted by molar-refractivity contribution is 0.187. The minimum Gasteiger partial charge on any atom is -0.387 e. The van der Waals surface area contributed by atoms with Gasteiger partial charge in [-0.3, -0.25) is 0 Å². The highest BCUT2D eigenvalue weighted by molar-refractivity contribution is 6.48. The summed E-state index contributed by atoms with van der Waals surface area (Å²) >= 11 is 17.2. The van der Waals surface area contributed by atoms with E-state index in [4.69, 9.17) is 40.5 Å². The molecule has 0 amide bonds. The lowest BCUT2D eigenvalue weighted by Gasteiger charge is -2.09. The van der Waals surface area contributed by atoms with Gasteiger partial charge in [0.15, 0.2) is 0 Å². The Kier molecular flexibility index (Phi) is 3.83. The van der Waals surface area contributed by atoms with E-state index in [1.807, 2.05) is 0 Å². The van der Waals surface area contributed by atoms with Crippen molar-refractivity contribution in [2.24, 2.45) is 5.73 Å². The summed E-state index contributed by atoms with van der Waals surface area (Å²) in [5, 5.41) is 10.3. The molecule has 0 saturated heterocycles. The number of aliphatic hydroxyl groups excluding tert-OH is 1. The Balaban J connectivity index is 3.13. The molecule has 0 aliphatic carbocycles. The predicted molar refractivity (Wildman–Crippen MR) is 55.5 cm³/mol. The van der Waals surface area contributed by atoms with Crippen molar-refractivity contribution in [3.63, 3.8) is 0 Å². The molecule has 1 aromatic rings. The number of aliphatic hydroxyl groups is 1. The third kappa shape index (κ3) is 2.48. The Morgan fingerprint density at radius 3 is 2.08 bits per heavy atom. The second-order valence-electron chi connectivity index (χ2n) is 2.55. The summed E-state index contributed by atoms with van der Waals surface area (Å²) in [4.78, 5) is 0. The average molecular weight is 241 g/mol. The van der Waals surface area contributed by atoms with E-state index < -0.39 is 6.10 Å². The smallest absolute Gasteiger partial charge is 0.0913 e. The van der Waals surface area contributed by atoms with Gasteiger partial charge in [-0.05, 0) is 17.7 Å². The molecule has 0 heterocycles. The molecule has 5 heteroatoms. The van der Waals surface area contributed by atoms with Crippen molar-refractivity contribution in [3.8, 4) is 0 Å². The summed E-state index contributed by atoms with van der Waals surface area (Å²) in [5.41, 5.74) is 5.84. The number of hydrogen-bond donors (Lipinski definition) is 2. The molecule has 0 aliphatic rings. The fourth-order valence-corrected chi connectivity index (χ4v) is 1.52. The predicted octanol–water partition coefficient (Wildman–Crippen LogP) is 2.64. The van der Waals surface area contributed by atoms with Crippen LogP contribution in [-0.2, 0) is 0 Å². The lowest BCUT2D eigenvalue weighted by atomic mass is 10.1. The maximum Gasteiger partial charge on any atom is 0.0913 e. The van der Waals surface area contributed by atoms with E-state index in [0.717, 1.165) is 0 Å². The van der Waals surface area contributed by atoms with E-state index in [2.05, 4.69) is 0 Å². The first kappa shape index (κ1) is 11.1. The topological polar surface area (TPSA) is 46.2 Å². The molecule has 1 atom stereocenters. The van der Waals surface area contributed by atoms with Crippen molar-refractivity contribution in [2.75, 3.05) is 6.54 Å². The Morgan fingerprint density at radius 2 is 1.69 bits per heavy atom. The van der Waals surface area contributed by atoms with Gasteiger partial charge in [-0.2, -0.15) is 0 Å². The van der Waals surface area contributed by atoms with E-state index in [9.17, 15) is 5.11 Å². The second kappa shape index (κ2) is 4.49. The summed E-state index contributed by atoms with van der Waals surface area (Å²) in [5.74, 6) is 0. The molecule has 1 rings (SSSR count). The lowest BCUT2D eigenvalue weighted by Crippen LogP contribution is -2.11. The average Bonchev–Trinajstić information content (AvgIpc) is 2.12. The first-order valence-electron chi connectivity index (χ1n) is 3.59. The molecular formula is C8H8Cl3NO. The van der Waals surface area contributed by atoms with Gasteiger partial charge in [0.2, 0.25) is 0 Å². The summed E-state index contributed by atoms with van der Waals surface area (Å²) in [6, 6.07) is 3.10. The molecule has 0 fully saturated rings. The number of hydrogen-bond acceptors (Lipinski definition) is 2. The molecule has 1 aromatic carbocycles. The van der Waals surface area contributed by atoms with E-state index >= 15 is 0 Å². The minimum absolute atomic E-state index is 0.119. The van der Waals surface area contributed by atoms with Gasteiger partial charge in [0, 0.05) is 6.54 Å². The van der Waals surface area contributed by atoms with Crippen LogP contribution in [-0.4, -0.2) is 11.7 Å². The SMILES string of the molecule is NCC(O)c1cc(Cl)c(Cl)c(Cl)c1. The van der Waals surface area contributed by atoms with Crippen LogP contribution in [0.3, 0.4) is 0 Å². The summed E-state index contributed by atoms with van der Waals surface area (Å²) in [6.45, 7) is 0.119. The van der Waals surface area contributed by atoms with E-state index in [0.29, 0.717) is 15.6 Å². The fraction of sp³-hybridized carbons (Fsp3) is 0.250. The van der Waals surface area contributed by atoms with Crippen LogP contribution in [0.1, 0.15) is 11.7 Å². The van der Waals surface area contributed by atoms with Crippen LogP contribution >= 0.6 is 34.8 Å². The summed E-state index contributed by atoms with van der Waals surface area (Å²) in [6.07, 6.45) is -0.757. The largest absolute Gasteiger partial charge is 0.387 e. The van der Waals surface area contributed by atoms with Gasteiger partial charge in [-0.15, -0.1) is 0 Å². The zero-order valence-electron chi connectivity index (χ0n) is 6.60. The molecule has 2 nitrogen and oxygen atoms in total. The Morgan fingerprint density at radius 1 is 1.23 bits per heavy atom. The highest BCUT2D eigenvalue weighted by atomic mass is 35.5. The van der Waals surface area contributed by atoms with Gasteiger partial charge in [0.1, 0.15) is 0 Å². The number of halogens is 3. The Hall–Kier alpha value is 0.01000. The highest BCUT2D eigenvalue weighted by Crippen LogP contribution is 2.32. The first-order valence-corrected chi connectivity index (χ1v) is 4.72. The normalized spacial score (nSPS) is 13.0. The van der Waals surface area contributed by atoms with Crippen molar-refractivity contribution in [2.45, 2.75) is 6.10 Å². The maximum absolute atomic E-state index is 9.38. The van der Waals surface area contributed by atoms with Gasteiger partial charge < -0.3 is 10.8 Å². The van der Waals surface area contributed by atoms with Crippen LogP contribution in [0.25, 0.3) is 0 Å². The zero-order valence-corrected chi connectivity index (χ0v) is 8.87. The molecule has 13 heavy (non-hydrogen) atoms. The van der Waals surface area contributed by atoms with Crippen molar-refractivity contribution < 1.29 is 5.11 Å². The minimum atomic E-state index is -0.757. The molecule has 0 saturated carbocycles. The number of nitrogens with two attached hydrogens (primary N) is 1. The quantitative estimate of drug-likeness (QED) is 0.781. The van der Waals surface area contributed by atoms with Crippen LogP contribution in [0, 0.1) is 0 Å². The molecule has 0 radical (unpaired) electrons. The van der Waals surface area contributed by atoms with Crippen molar-refractivity contribution in [1.82, 2.24) is 0 Å². The van der Waals surface area contributed by atoms with E-state index in [-0.39, 0.29) is 11.6 Å². The molecule has 0 spiro atoms. The summed E-state index contributed by atoms with van der Waals surface area (Å²) in [7, 11) is 0. The third-order valence-corrected chi connectivity index (χ3v) is 2.81. The summed E-state index contributed by atoms with van der Waals surface area (Å²) < 4.78 is 0. The van der Waals surface area contributed by atoms with E-state index in [1.54, 1.807) is 12.1 Å². The maximum atomic E-state index is 9.38. The van der Waals surface area contributed by atoms with Gasteiger partial charge in [0.25, 0.3) is 0 Å². The molecule has 0 aliphatic heterocycles. The molecule has 1 unspecified atom stereocenters. The van der Waals surface area contributed by atoms with E-state index in [1.165, 1.54) is 0 Å². The molecule has 0 aromatic heterocycles. The first-order chi connectivity index (χ1) is 6.06. The molecular weight excluding hydrogens is 232 g/mol. The van der Waals surface area contributed by atoms with Gasteiger partial charge >= 0.3 is 0 Å². The second-order valence-corrected chi connectivity index (χ2v) is 3.74. The van der Waals surface area contributed by atoms with Crippen LogP contribution in [0.4, 0.5) is 0 Å². The molecule has 0 bridgehead atoms. The van der Waals surface area contributed by atoms with Crippen LogP contribution in [0.2, 0.25) is 15.1 Å². The van der Waals surface area contributed by atoms with Crippen molar-refractivity contribution >= 4 is 34.8 Å². The van der Waals surface area contributed by atoms with Gasteiger partial charge in [-0.1, -0.05) is 34.8 Å². The molecule has 72 valence electrons. The Bertz CT molecular complexity index is 293. The molecule has 3 N–H and O–H groups in total. The Labute approximate surface area is 91.2 Å². The standard InChI is InChI=1S/C8H8Cl3NO/c9-5-1-4(7(13)3-12)2-6(10)8(5)11/h1-2,7,13H,3,12H2. The van der Waals surface area contributed by atoms with Crippen LogP contribution in [0.15, 0.2) is 12.1 Å².